The van der Waals surface area contributed by atoms with Gasteiger partial charge in [-0.25, -0.2) is 4.39 Å². The maximum atomic E-state index is 13.7. The van der Waals surface area contributed by atoms with E-state index in [9.17, 15) is 9.18 Å². The third-order valence-corrected chi connectivity index (χ3v) is 3.41. The minimum absolute atomic E-state index is 0.0284. The van der Waals surface area contributed by atoms with Crippen molar-refractivity contribution in [3.63, 3.8) is 0 Å². The molecule has 3 nitrogen and oxygen atoms in total. The van der Waals surface area contributed by atoms with Gasteiger partial charge in [0.05, 0.1) is 6.54 Å². The molecule has 1 aromatic carbocycles. The van der Waals surface area contributed by atoms with Crippen molar-refractivity contribution in [2.24, 2.45) is 5.73 Å². The molecule has 98 valence electrons. The molecule has 1 aromatic rings. The Morgan fingerprint density at radius 3 is 2.78 bits per heavy atom. The summed E-state index contributed by atoms with van der Waals surface area (Å²) >= 11 is 5.98. The number of carbonyl (C=O) groups excluding carboxylic acids is 1. The second kappa shape index (κ2) is 5.67. The van der Waals surface area contributed by atoms with E-state index in [0.29, 0.717) is 23.6 Å². The van der Waals surface area contributed by atoms with Crippen LogP contribution in [0.5, 0.6) is 0 Å². The fourth-order valence-electron chi connectivity index (χ4n) is 1.93. The van der Waals surface area contributed by atoms with Crippen LogP contribution in [0.3, 0.4) is 0 Å². The van der Waals surface area contributed by atoms with Crippen molar-refractivity contribution in [3.05, 3.63) is 34.6 Å². The van der Waals surface area contributed by atoms with Gasteiger partial charge in [0.15, 0.2) is 0 Å². The van der Waals surface area contributed by atoms with Gasteiger partial charge in [-0.15, -0.1) is 0 Å². The van der Waals surface area contributed by atoms with E-state index < -0.39 is 0 Å². The summed E-state index contributed by atoms with van der Waals surface area (Å²) in [5.74, 6) is -0.395. The Kier molecular flexibility index (Phi) is 4.19. The zero-order valence-corrected chi connectivity index (χ0v) is 10.8. The third kappa shape index (κ3) is 3.00. The maximum Gasteiger partial charge on any atom is 0.224 e. The number of amides is 1. The summed E-state index contributed by atoms with van der Waals surface area (Å²) in [5.41, 5.74) is 5.78. The molecule has 1 aliphatic carbocycles. The normalized spacial score (nSPS) is 14.6. The van der Waals surface area contributed by atoms with Crippen molar-refractivity contribution < 1.29 is 9.18 Å². The van der Waals surface area contributed by atoms with Gasteiger partial charge in [-0.1, -0.05) is 17.7 Å². The number of benzene rings is 1. The van der Waals surface area contributed by atoms with Crippen LogP contribution in [0.2, 0.25) is 5.02 Å². The second-order valence-electron chi connectivity index (χ2n) is 4.49. The Bertz CT molecular complexity index is 428. The average molecular weight is 271 g/mol. The van der Waals surface area contributed by atoms with E-state index in [0.717, 1.165) is 12.8 Å². The van der Waals surface area contributed by atoms with E-state index >= 15 is 0 Å². The molecule has 0 saturated heterocycles. The van der Waals surface area contributed by atoms with Crippen LogP contribution in [0.15, 0.2) is 18.2 Å². The van der Waals surface area contributed by atoms with Crippen LogP contribution in [0.1, 0.15) is 24.8 Å². The van der Waals surface area contributed by atoms with Crippen LogP contribution in [0.4, 0.5) is 4.39 Å². The Labute approximate surface area is 111 Å². The summed E-state index contributed by atoms with van der Waals surface area (Å²) in [6.07, 6.45) is 2.24. The lowest BCUT2D eigenvalue weighted by molar-refractivity contribution is -0.132. The van der Waals surface area contributed by atoms with Gasteiger partial charge < -0.3 is 10.6 Å². The highest BCUT2D eigenvalue weighted by Crippen LogP contribution is 2.31. The average Bonchev–Trinajstić information content (AvgIpc) is 3.13. The minimum Gasteiger partial charge on any atom is -0.335 e. The van der Waals surface area contributed by atoms with E-state index in [2.05, 4.69) is 0 Å². The van der Waals surface area contributed by atoms with Crippen LogP contribution in [0.25, 0.3) is 0 Å². The highest BCUT2D eigenvalue weighted by Gasteiger charge is 2.32. The zero-order chi connectivity index (χ0) is 13.1. The quantitative estimate of drug-likeness (QED) is 0.893. The van der Waals surface area contributed by atoms with Crippen molar-refractivity contribution in [2.75, 3.05) is 6.54 Å². The number of carbonyl (C=O) groups is 1. The monoisotopic (exact) mass is 270 g/mol. The van der Waals surface area contributed by atoms with Crippen molar-refractivity contribution >= 4 is 17.5 Å². The number of nitrogens with two attached hydrogens (primary N) is 1. The van der Waals surface area contributed by atoms with Gasteiger partial charge in [0.1, 0.15) is 5.82 Å². The molecule has 1 amide bonds. The van der Waals surface area contributed by atoms with Gasteiger partial charge in [0.2, 0.25) is 5.91 Å². The maximum absolute atomic E-state index is 13.7. The Morgan fingerprint density at radius 1 is 1.50 bits per heavy atom. The fourth-order valence-corrected chi connectivity index (χ4v) is 2.15. The van der Waals surface area contributed by atoms with Gasteiger partial charge >= 0.3 is 0 Å². The Balaban J connectivity index is 2.16. The smallest absolute Gasteiger partial charge is 0.224 e. The molecule has 0 aromatic heterocycles. The number of hydrogen-bond acceptors (Lipinski definition) is 2. The number of nitrogens with zero attached hydrogens (tertiary/aromatic N) is 1. The van der Waals surface area contributed by atoms with E-state index in [-0.39, 0.29) is 24.3 Å². The fraction of sp³-hybridized carbons (Fsp3) is 0.462. The molecule has 2 rings (SSSR count). The lowest BCUT2D eigenvalue weighted by Gasteiger charge is -2.23. The zero-order valence-electron chi connectivity index (χ0n) is 10.0. The summed E-state index contributed by atoms with van der Waals surface area (Å²) in [6.45, 7) is 0.544. The summed E-state index contributed by atoms with van der Waals surface area (Å²) in [6, 6.07) is 4.78. The molecule has 0 bridgehead atoms. The lowest BCUT2D eigenvalue weighted by atomic mass is 10.2. The molecule has 1 fully saturated rings. The van der Waals surface area contributed by atoms with E-state index in [1.807, 2.05) is 0 Å². The van der Waals surface area contributed by atoms with Gasteiger partial charge in [-0.05, 0) is 25.0 Å². The summed E-state index contributed by atoms with van der Waals surface area (Å²) < 4.78 is 13.7. The predicted molar refractivity (Wildman–Crippen MR) is 68.7 cm³/mol. The highest BCUT2D eigenvalue weighted by atomic mass is 35.5. The molecule has 5 heteroatoms. The first kappa shape index (κ1) is 13.3. The molecule has 2 N–H and O–H groups in total. The summed E-state index contributed by atoms with van der Waals surface area (Å²) in [4.78, 5) is 13.6. The number of halogens is 2. The van der Waals surface area contributed by atoms with Crippen LogP contribution in [0, 0.1) is 5.82 Å². The van der Waals surface area contributed by atoms with Gasteiger partial charge in [-0.2, -0.15) is 0 Å². The first-order chi connectivity index (χ1) is 8.63. The molecule has 1 aliphatic rings. The first-order valence-corrected chi connectivity index (χ1v) is 6.43. The molecule has 0 radical (unpaired) electrons. The molecule has 0 spiro atoms. The van der Waals surface area contributed by atoms with Crippen LogP contribution in [-0.4, -0.2) is 23.4 Å². The summed E-state index contributed by atoms with van der Waals surface area (Å²) in [7, 11) is 0. The molecule has 0 unspecified atom stereocenters. The Morgan fingerprint density at radius 2 is 2.22 bits per heavy atom. The molecule has 0 aliphatic heterocycles. The standard InChI is InChI=1S/C13H16ClFN2O/c14-11-2-1-3-12(15)10(11)8-17(9-4-5-9)13(18)6-7-16/h1-3,9H,4-8,16H2. The molecule has 0 atom stereocenters. The first-order valence-electron chi connectivity index (χ1n) is 6.06. The SMILES string of the molecule is NCCC(=O)N(Cc1c(F)cccc1Cl)C1CC1. The Hall–Kier alpha value is -1.13. The van der Waals surface area contributed by atoms with Crippen molar-refractivity contribution in [1.29, 1.82) is 0 Å². The van der Waals surface area contributed by atoms with Gasteiger partial charge in [-0.3, -0.25) is 4.79 Å². The van der Waals surface area contributed by atoms with Crippen LogP contribution >= 0.6 is 11.6 Å². The van der Waals surface area contributed by atoms with Gasteiger partial charge in [0, 0.05) is 29.6 Å². The molecular formula is C13H16ClFN2O. The van der Waals surface area contributed by atoms with Crippen LogP contribution < -0.4 is 5.73 Å². The molecular weight excluding hydrogens is 255 g/mol. The van der Waals surface area contributed by atoms with E-state index in [4.69, 9.17) is 17.3 Å². The van der Waals surface area contributed by atoms with Crippen molar-refractivity contribution in [2.45, 2.75) is 31.8 Å². The highest BCUT2D eigenvalue weighted by molar-refractivity contribution is 6.31. The lowest BCUT2D eigenvalue weighted by Crippen LogP contribution is -2.34. The topological polar surface area (TPSA) is 46.3 Å². The summed E-state index contributed by atoms with van der Waals surface area (Å²) in [5, 5.41) is 0.362. The van der Waals surface area contributed by atoms with Gasteiger partial charge in [0.25, 0.3) is 0 Å². The van der Waals surface area contributed by atoms with Crippen molar-refractivity contribution in [1.82, 2.24) is 4.90 Å². The largest absolute Gasteiger partial charge is 0.335 e. The van der Waals surface area contributed by atoms with Crippen molar-refractivity contribution in [3.8, 4) is 0 Å². The molecule has 0 heterocycles. The van der Waals surface area contributed by atoms with E-state index in [1.165, 1.54) is 6.07 Å². The number of rotatable bonds is 5. The minimum atomic E-state index is -0.367. The predicted octanol–water partition coefficient (Wildman–Crippen LogP) is 2.32. The van der Waals surface area contributed by atoms with Crippen LogP contribution in [-0.2, 0) is 11.3 Å². The van der Waals surface area contributed by atoms with E-state index in [1.54, 1.807) is 17.0 Å². The molecule has 1 saturated carbocycles. The second-order valence-corrected chi connectivity index (χ2v) is 4.90. The third-order valence-electron chi connectivity index (χ3n) is 3.06. The molecule has 18 heavy (non-hydrogen) atoms. The number of hydrogen-bond donors (Lipinski definition) is 1.